The van der Waals surface area contributed by atoms with Gasteiger partial charge in [-0.2, -0.15) is 0 Å². The number of aryl methyl sites for hydroxylation is 1. The van der Waals surface area contributed by atoms with Crippen LogP contribution in [0.4, 0.5) is 5.69 Å². The Hall–Kier alpha value is -1.52. The number of benzene rings is 2. The fourth-order valence-electron chi connectivity index (χ4n) is 1.87. The number of phenolic OH excluding ortho intramolecular Hbond substituents is 1. The van der Waals surface area contributed by atoms with Crippen molar-refractivity contribution < 1.29 is 5.11 Å². The summed E-state index contributed by atoms with van der Waals surface area (Å²) >= 11 is 9.23. The van der Waals surface area contributed by atoms with Gasteiger partial charge in [-0.05, 0) is 34.5 Å². The van der Waals surface area contributed by atoms with Gasteiger partial charge >= 0.3 is 0 Å². The van der Waals surface area contributed by atoms with Crippen molar-refractivity contribution in [3.8, 4) is 16.9 Å². The van der Waals surface area contributed by atoms with Crippen LogP contribution >= 0.6 is 27.5 Å². The number of hydrogen-bond donors (Lipinski definition) is 2. The molecule has 0 saturated carbocycles. The number of hydrogen-bond acceptors (Lipinski definition) is 2. The molecule has 2 aromatic rings. The zero-order valence-electron chi connectivity index (χ0n) is 10.9. The molecule has 0 saturated heterocycles. The topological polar surface area (TPSA) is 58.6 Å². The molecule has 0 radical (unpaired) electrons. The summed E-state index contributed by atoms with van der Waals surface area (Å²) in [6.45, 7) is 1.97. The van der Waals surface area contributed by atoms with Gasteiger partial charge in [-0.1, -0.05) is 30.3 Å². The van der Waals surface area contributed by atoms with Crippen molar-refractivity contribution in [1.29, 1.82) is 0 Å². The Kier molecular flexibility index (Phi) is 4.68. The van der Waals surface area contributed by atoms with Gasteiger partial charge in [0.1, 0.15) is 11.6 Å². The number of aromatic hydroxyl groups is 1. The van der Waals surface area contributed by atoms with Crippen LogP contribution in [-0.4, -0.2) is 16.8 Å². The summed E-state index contributed by atoms with van der Waals surface area (Å²) in [5.41, 5.74) is 8.95. The predicted molar refractivity (Wildman–Crippen MR) is 88.0 cm³/mol. The third-order valence-corrected chi connectivity index (χ3v) is 4.17. The van der Waals surface area contributed by atoms with Gasteiger partial charge in [0.2, 0.25) is 0 Å². The van der Waals surface area contributed by atoms with E-state index in [4.69, 9.17) is 17.3 Å². The van der Waals surface area contributed by atoms with Crippen LogP contribution in [0.15, 0.2) is 45.9 Å². The Morgan fingerprint density at radius 3 is 2.60 bits per heavy atom. The quantitative estimate of drug-likeness (QED) is 0.489. The SMILES string of the molecule is Cc1ccc(-c2ccccc2O)c(N=C(N)CCl)c1Br. The van der Waals surface area contributed by atoms with Crippen LogP contribution in [0.1, 0.15) is 5.56 Å². The fourth-order valence-corrected chi connectivity index (χ4v) is 2.36. The van der Waals surface area contributed by atoms with Gasteiger partial charge < -0.3 is 10.8 Å². The summed E-state index contributed by atoms with van der Waals surface area (Å²) in [5, 5.41) is 10.0. The highest BCUT2D eigenvalue weighted by molar-refractivity contribution is 9.10. The standard InChI is InChI=1S/C15H14BrClN2O/c1-9-6-7-11(10-4-2-3-5-12(10)20)15(14(9)16)19-13(18)8-17/h2-7,20H,8H2,1H3,(H2,18,19). The lowest BCUT2D eigenvalue weighted by atomic mass is 10.0. The number of halogens is 2. The van der Waals surface area contributed by atoms with E-state index in [1.807, 2.05) is 31.2 Å². The third-order valence-electron chi connectivity index (χ3n) is 2.90. The maximum atomic E-state index is 10.0. The van der Waals surface area contributed by atoms with E-state index in [0.29, 0.717) is 17.1 Å². The van der Waals surface area contributed by atoms with E-state index >= 15 is 0 Å². The molecule has 3 nitrogen and oxygen atoms in total. The van der Waals surface area contributed by atoms with Crippen molar-refractivity contribution in [2.45, 2.75) is 6.92 Å². The number of rotatable bonds is 3. The van der Waals surface area contributed by atoms with Gasteiger partial charge in [0.25, 0.3) is 0 Å². The highest BCUT2D eigenvalue weighted by atomic mass is 79.9. The van der Waals surface area contributed by atoms with Crippen molar-refractivity contribution in [3.63, 3.8) is 0 Å². The number of aliphatic imine (C=N–C) groups is 1. The number of para-hydroxylation sites is 1. The first kappa shape index (κ1) is 14.9. The average molecular weight is 354 g/mol. The second-order valence-corrected chi connectivity index (χ2v) is 5.41. The summed E-state index contributed by atoms with van der Waals surface area (Å²) in [7, 11) is 0. The number of phenols is 1. The molecule has 5 heteroatoms. The van der Waals surface area contributed by atoms with Crippen molar-refractivity contribution >= 4 is 39.1 Å². The molecule has 0 heterocycles. The van der Waals surface area contributed by atoms with E-state index < -0.39 is 0 Å². The van der Waals surface area contributed by atoms with Crippen LogP contribution in [0.25, 0.3) is 11.1 Å². The van der Waals surface area contributed by atoms with Gasteiger partial charge in [-0.25, -0.2) is 4.99 Å². The van der Waals surface area contributed by atoms with Gasteiger partial charge in [0, 0.05) is 15.6 Å². The molecular weight excluding hydrogens is 340 g/mol. The summed E-state index contributed by atoms with van der Waals surface area (Å²) in [4.78, 5) is 4.36. The van der Waals surface area contributed by atoms with Gasteiger partial charge in [-0.3, -0.25) is 0 Å². The molecule has 0 aliphatic heterocycles. The predicted octanol–water partition coefficient (Wildman–Crippen LogP) is 4.36. The van der Waals surface area contributed by atoms with Crippen molar-refractivity contribution in [3.05, 3.63) is 46.4 Å². The van der Waals surface area contributed by atoms with E-state index in [0.717, 1.165) is 15.6 Å². The smallest absolute Gasteiger partial charge is 0.123 e. The number of nitrogens with two attached hydrogens (primary N) is 1. The minimum Gasteiger partial charge on any atom is -0.507 e. The lowest BCUT2D eigenvalue weighted by Crippen LogP contribution is -2.12. The molecule has 0 aliphatic carbocycles. The first-order valence-electron chi connectivity index (χ1n) is 6.01. The Balaban J connectivity index is 2.71. The Morgan fingerprint density at radius 1 is 1.25 bits per heavy atom. The van der Waals surface area contributed by atoms with Gasteiger partial charge in [-0.15, -0.1) is 11.6 Å². The maximum absolute atomic E-state index is 10.0. The van der Waals surface area contributed by atoms with E-state index in [1.54, 1.807) is 12.1 Å². The molecule has 0 spiro atoms. The van der Waals surface area contributed by atoms with Crippen LogP contribution < -0.4 is 5.73 Å². The first-order valence-corrected chi connectivity index (χ1v) is 7.33. The zero-order valence-corrected chi connectivity index (χ0v) is 13.2. The van der Waals surface area contributed by atoms with E-state index in [9.17, 15) is 5.11 Å². The molecule has 104 valence electrons. The van der Waals surface area contributed by atoms with Crippen molar-refractivity contribution in [1.82, 2.24) is 0 Å². The second kappa shape index (κ2) is 6.29. The lowest BCUT2D eigenvalue weighted by Gasteiger charge is -2.12. The highest BCUT2D eigenvalue weighted by Gasteiger charge is 2.13. The molecule has 2 aromatic carbocycles. The Bertz CT molecular complexity index is 671. The van der Waals surface area contributed by atoms with Crippen molar-refractivity contribution in [2.24, 2.45) is 10.7 Å². The van der Waals surface area contributed by atoms with Gasteiger partial charge in [0.15, 0.2) is 0 Å². The van der Waals surface area contributed by atoms with Crippen LogP contribution in [0.3, 0.4) is 0 Å². The molecular formula is C15H14BrClN2O. The molecule has 0 amide bonds. The van der Waals surface area contributed by atoms with Crippen LogP contribution in [0, 0.1) is 6.92 Å². The molecule has 0 unspecified atom stereocenters. The monoisotopic (exact) mass is 352 g/mol. The molecule has 0 aromatic heterocycles. The molecule has 2 rings (SSSR count). The van der Waals surface area contributed by atoms with E-state index in [1.165, 1.54) is 0 Å². The van der Waals surface area contributed by atoms with Crippen LogP contribution in [0.5, 0.6) is 5.75 Å². The molecule has 0 aliphatic rings. The van der Waals surface area contributed by atoms with E-state index in [2.05, 4.69) is 20.9 Å². The highest BCUT2D eigenvalue weighted by Crippen LogP contribution is 2.41. The first-order chi connectivity index (χ1) is 9.54. The number of nitrogens with zero attached hydrogens (tertiary/aromatic N) is 1. The van der Waals surface area contributed by atoms with Crippen LogP contribution in [-0.2, 0) is 0 Å². The normalized spacial score (nSPS) is 11.7. The average Bonchev–Trinajstić information content (AvgIpc) is 2.45. The second-order valence-electron chi connectivity index (χ2n) is 4.35. The molecule has 0 bridgehead atoms. The molecule has 0 fully saturated rings. The van der Waals surface area contributed by atoms with Crippen LogP contribution in [0.2, 0.25) is 0 Å². The number of alkyl halides is 1. The lowest BCUT2D eigenvalue weighted by molar-refractivity contribution is 0.477. The number of amidine groups is 1. The summed E-state index contributed by atoms with van der Waals surface area (Å²) in [5.74, 6) is 0.680. The molecule has 3 N–H and O–H groups in total. The molecule has 20 heavy (non-hydrogen) atoms. The zero-order chi connectivity index (χ0) is 14.7. The Labute approximate surface area is 131 Å². The fraction of sp³-hybridized carbons (Fsp3) is 0.133. The van der Waals surface area contributed by atoms with E-state index in [-0.39, 0.29) is 11.6 Å². The third kappa shape index (κ3) is 2.97. The van der Waals surface area contributed by atoms with Gasteiger partial charge in [0.05, 0.1) is 11.6 Å². The minimum absolute atomic E-state index is 0.153. The van der Waals surface area contributed by atoms with Crippen molar-refractivity contribution in [2.75, 3.05) is 5.88 Å². The Morgan fingerprint density at radius 2 is 1.95 bits per heavy atom. The summed E-state index contributed by atoms with van der Waals surface area (Å²) < 4.78 is 0.839. The maximum Gasteiger partial charge on any atom is 0.123 e. The minimum atomic E-state index is 0.153. The largest absolute Gasteiger partial charge is 0.507 e. The molecule has 0 atom stereocenters. The summed E-state index contributed by atoms with van der Waals surface area (Å²) in [6.07, 6.45) is 0. The summed E-state index contributed by atoms with van der Waals surface area (Å²) in [6, 6.07) is 11.0.